The molecule has 2 nitrogen and oxygen atoms in total. The standard InChI is InChI=1S/C23H28F2N2/c1-4-5-18(12-15(2)3)23-20(14-22(24)25)19-13-17(6-7-21(19)27-23)16-8-10-26-11-9-16/h4-7,12-13,16,22,26-27H,1,8-11,14H2,2-3H3/b18-5+. The Morgan fingerprint density at radius 1 is 1.26 bits per heavy atom. The number of H-pyrrole nitrogens is 1. The van der Waals surface area contributed by atoms with Gasteiger partial charge in [-0.15, -0.1) is 0 Å². The Balaban J connectivity index is 2.14. The Hall–Kier alpha value is -2.20. The van der Waals surface area contributed by atoms with Gasteiger partial charge >= 0.3 is 0 Å². The summed E-state index contributed by atoms with van der Waals surface area (Å²) in [4.78, 5) is 3.38. The van der Waals surface area contributed by atoms with Gasteiger partial charge in [0.15, 0.2) is 0 Å². The van der Waals surface area contributed by atoms with Gasteiger partial charge in [-0.3, -0.25) is 0 Å². The third-order valence-electron chi connectivity index (χ3n) is 5.13. The zero-order chi connectivity index (χ0) is 19.4. The number of fused-ring (bicyclic) bond motifs is 1. The fourth-order valence-electron chi connectivity index (χ4n) is 3.93. The van der Waals surface area contributed by atoms with Gasteiger partial charge in [0.25, 0.3) is 0 Å². The van der Waals surface area contributed by atoms with Gasteiger partial charge < -0.3 is 10.3 Å². The summed E-state index contributed by atoms with van der Waals surface area (Å²) in [6.07, 6.45) is 5.12. The molecule has 0 spiro atoms. The van der Waals surface area contributed by atoms with Gasteiger partial charge in [-0.25, -0.2) is 8.78 Å². The van der Waals surface area contributed by atoms with Gasteiger partial charge in [0.05, 0.1) is 0 Å². The molecule has 2 N–H and O–H groups in total. The minimum Gasteiger partial charge on any atom is -0.354 e. The molecule has 0 aliphatic carbocycles. The molecule has 0 saturated carbocycles. The number of allylic oxidation sites excluding steroid dienone is 5. The van der Waals surface area contributed by atoms with Crippen molar-refractivity contribution in [3.63, 3.8) is 0 Å². The second-order valence-corrected chi connectivity index (χ2v) is 7.48. The number of benzene rings is 1. The van der Waals surface area contributed by atoms with Gasteiger partial charge in [-0.1, -0.05) is 36.4 Å². The fraction of sp³-hybridized carbons (Fsp3) is 0.391. The molecule has 1 aliphatic rings. The average molecular weight is 370 g/mol. The molecule has 1 fully saturated rings. The van der Waals surface area contributed by atoms with Crippen LogP contribution in [0, 0.1) is 0 Å². The predicted molar refractivity (Wildman–Crippen MR) is 110 cm³/mol. The lowest BCUT2D eigenvalue weighted by Gasteiger charge is -2.23. The molecule has 0 bridgehead atoms. The summed E-state index contributed by atoms with van der Waals surface area (Å²) >= 11 is 0. The highest BCUT2D eigenvalue weighted by Crippen LogP contribution is 2.34. The quantitative estimate of drug-likeness (QED) is 0.602. The lowest BCUT2D eigenvalue weighted by Crippen LogP contribution is -2.26. The van der Waals surface area contributed by atoms with Crippen molar-refractivity contribution in [2.75, 3.05) is 13.1 Å². The molecule has 0 radical (unpaired) electrons. The first kappa shape index (κ1) is 19.6. The number of hydrogen-bond donors (Lipinski definition) is 2. The van der Waals surface area contributed by atoms with E-state index in [9.17, 15) is 8.78 Å². The van der Waals surface area contributed by atoms with E-state index in [0.29, 0.717) is 11.5 Å². The molecule has 0 atom stereocenters. The van der Waals surface area contributed by atoms with Crippen molar-refractivity contribution in [3.8, 4) is 0 Å². The molecule has 2 aromatic rings. The maximum atomic E-state index is 13.4. The second kappa shape index (κ2) is 8.66. The Kier molecular flexibility index (Phi) is 6.27. The van der Waals surface area contributed by atoms with Gasteiger partial charge in [0.1, 0.15) is 0 Å². The molecule has 0 amide bonds. The smallest absolute Gasteiger partial charge is 0.242 e. The highest BCUT2D eigenvalue weighted by Gasteiger charge is 2.20. The van der Waals surface area contributed by atoms with Crippen molar-refractivity contribution in [3.05, 3.63) is 65.4 Å². The van der Waals surface area contributed by atoms with E-state index >= 15 is 0 Å². The summed E-state index contributed by atoms with van der Waals surface area (Å²) in [6.45, 7) is 9.81. The molecule has 144 valence electrons. The molecule has 1 aliphatic heterocycles. The van der Waals surface area contributed by atoms with Crippen molar-refractivity contribution in [1.29, 1.82) is 0 Å². The number of rotatable bonds is 6. The molecule has 1 saturated heterocycles. The lowest BCUT2D eigenvalue weighted by molar-refractivity contribution is 0.149. The highest BCUT2D eigenvalue weighted by molar-refractivity contribution is 5.92. The van der Waals surface area contributed by atoms with Gasteiger partial charge in [-0.05, 0) is 74.5 Å². The molecule has 3 rings (SSSR count). The highest BCUT2D eigenvalue weighted by atomic mass is 19.3. The van der Waals surface area contributed by atoms with Crippen LogP contribution in [0.1, 0.15) is 49.4 Å². The van der Waals surface area contributed by atoms with Crippen LogP contribution in [0.15, 0.2) is 48.6 Å². The average Bonchev–Trinajstić information content (AvgIpc) is 2.99. The Morgan fingerprint density at radius 3 is 2.63 bits per heavy atom. The zero-order valence-corrected chi connectivity index (χ0v) is 16.1. The van der Waals surface area contributed by atoms with Gasteiger partial charge in [0.2, 0.25) is 6.43 Å². The maximum Gasteiger partial charge on any atom is 0.242 e. The summed E-state index contributed by atoms with van der Waals surface area (Å²) in [6, 6.07) is 6.30. The SMILES string of the molecule is C=C/C=C(\C=C(C)C)c1[nH]c2ccc(C3CCNCC3)cc2c1CC(F)F. The monoisotopic (exact) mass is 370 g/mol. The first-order valence-electron chi connectivity index (χ1n) is 9.61. The molecular formula is C23H28F2N2. The first-order valence-corrected chi connectivity index (χ1v) is 9.61. The van der Waals surface area contributed by atoms with Crippen LogP contribution in [-0.2, 0) is 6.42 Å². The van der Waals surface area contributed by atoms with E-state index in [1.807, 2.05) is 32.1 Å². The van der Waals surface area contributed by atoms with Crippen LogP contribution in [-0.4, -0.2) is 24.5 Å². The molecule has 1 aromatic carbocycles. The van der Waals surface area contributed by atoms with Crippen LogP contribution < -0.4 is 5.32 Å². The van der Waals surface area contributed by atoms with Crippen LogP contribution in [0.2, 0.25) is 0 Å². The van der Waals surface area contributed by atoms with Crippen molar-refractivity contribution in [1.82, 2.24) is 10.3 Å². The van der Waals surface area contributed by atoms with Gasteiger partial charge in [-0.2, -0.15) is 0 Å². The number of halogens is 2. The van der Waals surface area contributed by atoms with E-state index in [2.05, 4.69) is 29.0 Å². The number of aromatic nitrogens is 1. The summed E-state index contributed by atoms with van der Waals surface area (Å²) in [5, 5.41) is 4.30. The maximum absolute atomic E-state index is 13.4. The van der Waals surface area contributed by atoms with E-state index in [1.165, 1.54) is 5.56 Å². The summed E-state index contributed by atoms with van der Waals surface area (Å²) < 4.78 is 26.8. The van der Waals surface area contributed by atoms with Gasteiger partial charge in [0, 0.05) is 23.0 Å². The number of piperidine rings is 1. The second-order valence-electron chi connectivity index (χ2n) is 7.48. The number of alkyl halides is 2. The molecule has 27 heavy (non-hydrogen) atoms. The molecule has 2 heterocycles. The van der Waals surface area contributed by atoms with E-state index in [1.54, 1.807) is 6.08 Å². The number of nitrogens with one attached hydrogen (secondary N) is 2. The molecule has 0 unspecified atom stereocenters. The lowest BCUT2D eigenvalue weighted by atomic mass is 9.89. The third kappa shape index (κ3) is 4.56. The predicted octanol–water partition coefficient (Wildman–Crippen LogP) is 5.98. The van der Waals surface area contributed by atoms with Crippen LogP contribution in [0.25, 0.3) is 16.5 Å². The zero-order valence-electron chi connectivity index (χ0n) is 16.1. The van der Waals surface area contributed by atoms with E-state index in [0.717, 1.165) is 53.7 Å². The van der Waals surface area contributed by atoms with Crippen LogP contribution in [0.5, 0.6) is 0 Å². The third-order valence-corrected chi connectivity index (χ3v) is 5.13. The van der Waals surface area contributed by atoms with Crippen LogP contribution >= 0.6 is 0 Å². The normalized spacial score (nSPS) is 16.1. The number of aromatic amines is 1. The summed E-state index contributed by atoms with van der Waals surface area (Å²) in [5.41, 5.74) is 5.63. The minimum absolute atomic E-state index is 0.254. The largest absolute Gasteiger partial charge is 0.354 e. The Morgan fingerprint density at radius 2 is 2.00 bits per heavy atom. The van der Waals surface area contributed by atoms with E-state index in [-0.39, 0.29) is 6.42 Å². The van der Waals surface area contributed by atoms with Crippen LogP contribution in [0.4, 0.5) is 8.78 Å². The van der Waals surface area contributed by atoms with E-state index in [4.69, 9.17) is 0 Å². The summed E-state index contributed by atoms with van der Waals surface area (Å²) in [7, 11) is 0. The Labute approximate surface area is 160 Å². The minimum atomic E-state index is -2.39. The number of hydrogen-bond acceptors (Lipinski definition) is 1. The molecule has 4 heteroatoms. The van der Waals surface area contributed by atoms with E-state index < -0.39 is 6.43 Å². The van der Waals surface area contributed by atoms with Crippen molar-refractivity contribution < 1.29 is 8.78 Å². The topological polar surface area (TPSA) is 27.8 Å². The first-order chi connectivity index (χ1) is 13.0. The van der Waals surface area contributed by atoms with Crippen molar-refractivity contribution >= 4 is 16.5 Å². The van der Waals surface area contributed by atoms with Crippen molar-refractivity contribution in [2.45, 2.75) is 45.5 Å². The Bertz CT molecular complexity index is 864. The van der Waals surface area contributed by atoms with Crippen molar-refractivity contribution in [2.24, 2.45) is 0 Å². The molecule has 1 aromatic heterocycles. The summed E-state index contributed by atoms with van der Waals surface area (Å²) in [5.74, 6) is 0.495. The molecular weight excluding hydrogens is 342 g/mol. The fourth-order valence-corrected chi connectivity index (χ4v) is 3.93. The van der Waals surface area contributed by atoms with Crippen LogP contribution in [0.3, 0.4) is 0 Å².